The van der Waals surface area contributed by atoms with E-state index in [0.29, 0.717) is 17.2 Å². The van der Waals surface area contributed by atoms with Crippen molar-refractivity contribution in [2.24, 2.45) is 17.4 Å². The van der Waals surface area contributed by atoms with Gasteiger partial charge in [-0.1, -0.05) is 64.9 Å². The molecule has 0 bridgehead atoms. The van der Waals surface area contributed by atoms with Crippen LogP contribution in [0.3, 0.4) is 0 Å². The molecule has 3 aromatic rings. The summed E-state index contributed by atoms with van der Waals surface area (Å²) >= 11 is 0. The predicted molar refractivity (Wildman–Crippen MR) is 102 cm³/mol. The minimum absolute atomic E-state index is 0.139. The van der Waals surface area contributed by atoms with Gasteiger partial charge in [-0.25, -0.2) is 4.68 Å². The Morgan fingerprint density at radius 1 is 1.04 bits per heavy atom. The first-order valence-corrected chi connectivity index (χ1v) is 8.35. The van der Waals surface area contributed by atoms with Crippen LogP contribution in [0, 0.1) is 6.92 Å². The van der Waals surface area contributed by atoms with Crippen molar-refractivity contribution in [2.45, 2.75) is 6.92 Å². The first-order chi connectivity index (χ1) is 13.2. The molecule has 0 fully saturated rings. The summed E-state index contributed by atoms with van der Waals surface area (Å²) < 4.78 is 1.54. The van der Waals surface area contributed by atoms with Crippen LogP contribution in [0.4, 0.5) is 0 Å². The molecule has 1 aromatic heterocycles. The zero-order valence-electron chi connectivity index (χ0n) is 15.4. The molecule has 0 aliphatic rings. The molecule has 0 N–H and O–H groups in total. The molecule has 27 heavy (non-hydrogen) atoms. The quantitative estimate of drug-likeness (QED) is 0.474. The summed E-state index contributed by atoms with van der Waals surface area (Å²) in [6, 6.07) is 17.5. The number of hydrogen-bond donors (Lipinski definition) is 0. The molecule has 1 heterocycles. The summed E-state index contributed by atoms with van der Waals surface area (Å²) in [4.78, 5) is 10.6. The second-order valence-electron chi connectivity index (χ2n) is 5.74. The van der Waals surface area contributed by atoms with Gasteiger partial charge in [0.2, 0.25) is 5.82 Å². The number of aromatic nitrogens is 4. The van der Waals surface area contributed by atoms with Crippen molar-refractivity contribution in [3.8, 4) is 0 Å². The highest BCUT2D eigenvalue weighted by Gasteiger charge is 2.15. The van der Waals surface area contributed by atoms with Crippen LogP contribution in [0.15, 0.2) is 64.9 Å². The summed E-state index contributed by atoms with van der Waals surface area (Å²) in [6.07, 6.45) is 0. The van der Waals surface area contributed by atoms with E-state index in [1.165, 1.54) is 7.11 Å². The van der Waals surface area contributed by atoms with Crippen molar-refractivity contribution in [1.82, 2.24) is 20.2 Å². The van der Waals surface area contributed by atoms with Crippen LogP contribution in [0.5, 0.6) is 0 Å². The molecule has 0 amide bonds. The number of tetrazole rings is 1. The zero-order chi connectivity index (χ0) is 19.1. The Bertz CT molecular complexity index is 950. The molecular formula is C19H20N6O2. The fourth-order valence-electron chi connectivity index (χ4n) is 2.57. The van der Waals surface area contributed by atoms with Crippen LogP contribution in [0.2, 0.25) is 0 Å². The predicted octanol–water partition coefficient (Wildman–Crippen LogP) is 2.34. The average molecular weight is 364 g/mol. The normalized spacial score (nSPS) is 12.1. The van der Waals surface area contributed by atoms with E-state index in [-0.39, 0.29) is 6.61 Å². The molecule has 0 saturated carbocycles. The molecule has 8 nitrogen and oxygen atoms in total. The summed E-state index contributed by atoms with van der Waals surface area (Å²) in [6.45, 7) is 2.14. The molecule has 138 valence electrons. The molecule has 0 spiro atoms. The van der Waals surface area contributed by atoms with Gasteiger partial charge in [0.05, 0.1) is 0 Å². The van der Waals surface area contributed by atoms with Crippen molar-refractivity contribution in [3.63, 3.8) is 0 Å². The topological polar surface area (TPSA) is 86.8 Å². The van der Waals surface area contributed by atoms with Gasteiger partial charge in [0.1, 0.15) is 12.8 Å². The molecule has 0 radical (unpaired) electrons. The Kier molecular flexibility index (Phi) is 5.88. The van der Waals surface area contributed by atoms with Crippen LogP contribution < -0.4 is 0 Å². The second-order valence-corrected chi connectivity index (χ2v) is 5.74. The monoisotopic (exact) mass is 364 g/mol. The molecule has 8 heteroatoms. The lowest BCUT2D eigenvalue weighted by Crippen LogP contribution is -2.15. The molecular weight excluding hydrogens is 344 g/mol. The Balaban J connectivity index is 1.87. The van der Waals surface area contributed by atoms with E-state index in [1.54, 1.807) is 11.7 Å². The summed E-state index contributed by atoms with van der Waals surface area (Å²) in [7, 11) is 3.25. The molecule has 0 saturated heterocycles. The maximum absolute atomic E-state index is 5.62. The Morgan fingerprint density at radius 2 is 1.78 bits per heavy atom. The Morgan fingerprint density at radius 3 is 2.44 bits per heavy atom. The van der Waals surface area contributed by atoms with Gasteiger partial charge in [0, 0.05) is 18.2 Å². The Hall–Kier alpha value is -3.55. The van der Waals surface area contributed by atoms with E-state index >= 15 is 0 Å². The van der Waals surface area contributed by atoms with E-state index in [1.807, 2.05) is 61.5 Å². The summed E-state index contributed by atoms with van der Waals surface area (Å²) in [5, 5.41) is 20.0. The summed E-state index contributed by atoms with van der Waals surface area (Å²) in [5.41, 5.74) is 4.03. The highest BCUT2D eigenvalue weighted by molar-refractivity contribution is 6.10. The van der Waals surface area contributed by atoms with Gasteiger partial charge in [0.25, 0.3) is 0 Å². The average Bonchev–Trinajstić information content (AvgIpc) is 3.11. The van der Waals surface area contributed by atoms with E-state index < -0.39 is 0 Å². The second kappa shape index (κ2) is 8.70. The van der Waals surface area contributed by atoms with Gasteiger partial charge in [-0.2, -0.15) is 0 Å². The lowest BCUT2D eigenvalue weighted by molar-refractivity contribution is 0.173. The maximum atomic E-state index is 5.62. The molecule has 0 unspecified atom stereocenters. The van der Waals surface area contributed by atoms with Crippen LogP contribution in [0.25, 0.3) is 0 Å². The van der Waals surface area contributed by atoms with Gasteiger partial charge in [-0.05, 0) is 22.9 Å². The van der Waals surface area contributed by atoms with Crippen molar-refractivity contribution < 1.29 is 9.68 Å². The van der Waals surface area contributed by atoms with E-state index in [0.717, 1.165) is 16.7 Å². The third-order valence-corrected chi connectivity index (χ3v) is 3.89. The smallest absolute Gasteiger partial charge is 0.204 e. The zero-order valence-corrected chi connectivity index (χ0v) is 15.4. The van der Waals surface area contributed by atoms with Gasteiger partial charge < -0.3 is 9.68 Å². The molecule has 0 atom stereocenters. The van der Waals surface area contributed by atoms with Crippen LogP contribution >= 0.6 is 0 Å². The van der Waals surface area contributed by atoms with Crippen LogP contribution in [-0.4, -0.2) is 45.3 Å². The number of aryl methyl sites for hydroxylation is 2. The lowest BCUT2D eigenvalue weighted by Gasteiger charge is -2.09. The fraction of sp³-hybridized carbons (Fsp3) is 0.211. The minimum atomic E-state index is 0.139. The number of rotatable bonds is 7. The summed E-state index contributed by atoms with van der Waals surface area (Å²) in [5.74, 6) is 0.502. The number of nitrogens with zero attached hydrogens (tertiary/aromatic N) is 6. The molecule has 2 aromatic carbocycles. The van der Waals surface area contributed by atoms with Gasteiger partial charge in [-0.15, -0.1) is 5.10 Å². The Labute approximate surface area is 157 Å². The highest BCUT2D eigenvalue weighted by atomic mass is 16.6. The third kappa shape index (κ3) is 4.35. The van der Waals surface area contributed by atoms with Crippen molar-refractivity contribution >= 4 is 11.4 Å². The molecule has 3 rings (SSSR count). The van der Waals surface area contributed by atoms with Crippen molar-refractivity contribution in [3.05, 3.63) is 77.1 Å². The third-order valence-electron chi connectivity index (χ3n) is 3.89. The van der Waals surface area contributed by atoms with E-state index in [9.17, 15) is 0 Å². The van der Waals surface area contributed by atoms with Crippen molar-refractivity contribution in [1.29, 1.82) is 0 Å². The van der Waals surface area contributed by atoms with Gasteiger partial charge in [-0.3, -0.25) is 0 Å². The van der Waals surface area contributed by atoms with Crippen LogP contribution in [0.1, 0.15) is 22.5 Å². The number of benzene rings is 2. The SMILES string of the molecule is CO/N=C(/CON=C(c1ccccc1)c1nnnn1C)c1ccccc1C. The number of hydrogen-bond acceptors (Lipinski definition) is 7. The molecule has 0 aliphatic heterocycles. The first kappa shape index (κ1) is 18.2. The van der Waals surface area contributed by atoms with Gasteiger partial charge in [0.15, 0.2) is 12.3 Å². The highest BCUT2D eigenvalue weighted by Crippen LogP contribution is 2.11. The fourth-order valence-corrected chi connectivity index (χ4v) is 2.57. The standard InChI is InChI=1S/C19H20N6O2/c1-14-9-7-8-12-16(14)17(21-26-3)13-27-22-18(15-10-5-4-6-11-15)19-20-23-24-25(19)2/h4-12H,13H2,1-3H3/b21-17-,22-18?. The number of oxime groups is 2. The lowest BCUT2D eigenvalue weighted by atomic mass is 10.1. The maximum Gasteiger partial charge on any atom is 0.204 e. The van der Waals surface area contributed by atoms with Crippen molar-refractivity contribution in [2.75, 3.05) is 13.7 Å². The van der Waals surface area contributed by atoms with E-state index in [2.05, 4.69) is 25.8 Å². The molecule has 0 aliphatic carbocycles. The first-order valence-electron chi connectivity index (χ1n) is 8.35. The van der Waals surface area contributed by atoms with Gasteiger partial charge >= 0.3 is 0 Å². The van der Waals surface area contributed by atoms with Crippen LogP contribution in [-0.2, 0) is 16.7 Å². The minimum Gasteiger partial charge on any atom is -0.399 e. The van der Waals surface area contributed by atoms with E-state index in [4.69, 9.17) is 9.68 Å². The largest absolute Gasteiger partial charge is 0.399 e.